The summed E-state index contributed by atoms with van der Waals surface area (Å²) < 4.78 is 0. The number of hydrogen-bond donors (Lipinski definition) is 0. The fourth-order valence-corrected chi connectivity index (χ4v) is 0. The van der Waals surface area contributed by atoms with Crippen molar-refractivity contribution in [2.45, 2.75) is 0 Å². The van der Waals surface area contributed by atoms with Gasteiger partial charge >= 0.3 is 53.9 Å². The SMILES string of the molecule is [Cr+3].[Fe+2].[O-2].[O-2].[Zn+2]. The Morgan fingerprint density at radius 1 is 0.800 bits per heavy atom. The normalized spacial score (nSPS) is 0. The summed E-state index contributed by atoms with van der Waals surface area (Å²) in [7, 11) is 0. The van der Waals surface area contributed by atoms with Gasteiger partial charge in [-0.3, -0.25) is 0 Å². The molecule has 0 fully saturated rings. The summed E-state index contributed by atoms with van der Waals surface area (Å²) in [5, 5.41) is 0. The molecule has 5 heavy (non-hydrogen) atoms. The van der Waals surface area contributed by atoms with Gasteiger partial charge in [-0.05, 0) is 0 Å². The van der Waals surface area contributed by atoms with Crippen molar-refractivity contribution in [3.63, 3.8) is 0 Å². The van der Waals surface area contributed by atoms with Gasteiger partial charge in [-0.1, -0.05) is 0 Å². The minimum atomic E-state index is 0. The molecule has 0 spiro atoms. The van der Waals surface area contributed by atoms with Crippen molar-refractivity contribution in [2.24, 2.45) is 0 Å². The van der Waals surface area contributed by atoms with Crippen molar-refractivity contribution in [3.8, 4) is 0 Å². The zero-order valence-corrected chi connectivity index (χ0v) is 7.63. The van der Waals surface area contributed by atoms with E-state index in [1.54, 1.807) is 0 Å². The molecular formula is CrFeO2Zn+3. The average molecular weight is 205 g/mol. The fraction of sp³-hybridized carbons (Fsp3) is 0. The molecule has 0 bridgehead atoms. The van der Waals surface area contributed by atoms with E-state index < -0.39 is 0 Å². The van der Waals surface area contributed by atoms with Crippen LogP contribution < -0.4 is 0 Å². The molecule has 0 heterocycles. The van der Waals surface area contributed by atoms with E-state index in [4.69, 9.17) is 0 Å². The van der Waals surface area contributed by atoms with Gasteiger partial charge in [0.2, 0.25) is 0 Å². The molecule has 5 heteroatoms. The maximum absolute atomic E-state index is 0. The standard InChI is InChI=1S/Cr.Fe.2O.Zn/q+3;+2;2*-2;+2. The van der Waals surface area contributed by atoms with Gasteiger partial charge in [-0.25, -0.2) is 0 Å². The van der Waals surface area contributed by atoms with E-state index in [1.807, 2.05) is 0 Å². The second-order valence-electron chi connectivity index (χ2n) is 0. The summed E-state index contributed by atoms with van der Waals surface area (Å²) in [4.78, 5) is 0. The molecule has 0 aliphatic carbocycles. The Morgan fingerprint density at radius 3 is 0.800 bits per heavy atom. The van der Waals surface area contributed by atoms with E-state index in [1.165, 1.54) is 0 Å². The molecule has 0 aliphatic heterocycles. The van der Waals surface area contributed by atoms with Gasteiger partial charge < -0.3 is 11.0 Å². The first-order valence-electron chi connectivity index (χ1n) is 0. The molecule has 0 saturated heterocycles. The first kappa shape index (κ1) is 81.1. The quantitative estimate of drug-likeness (QED) is 0.490. The maximum Gasteiger partial charge on any atom is 3.00 e. The third kappa shape index (κ3) is 28.4. The minimum Gasteiger partial charge on any atom is -2.00 e. The summed E-state index contributed by atoms with van der Waals surface area (Å²) in [5.74, 6) is 0. The van der Waals surface area contributed by atoms with E-state index in [0.29, 0.717) is 0 Å². The Kier molecular flexibility index (Phi) is 753. The Labute approximate surface area is 64.7 Å². The van der Waals surface area contributed by atoms with Crippen LogP contribution in [-0.4, -0.2) is 0 Å². The van der Waals surface area contributed by atoms with Crippen LogP contribution in [0.3, 0.4) is 0 Å². The van der Waals surface area contributed by atoms with E-state index in [-0.39, 0.29) is 64.9 Å². The number of rotatable bonds is 0. The zero-order chi connectivity index (χ0) is 0. The van der Waals surface area contributed by atoms with Crippen LogP contribution in [-0.2, 0) is 64.9 Å². The summed E-state index contributed by atoms with van der Waals surface area (Å²) in [6.07, 6.45) is 0. The van der Waals surface area contributed by atoms with Crippen molar-refractivity contribution in [1.82, 2.24) is 0 Å². The van der Waals surface area contributed by atoms with Crippen molar-refractivity contribution in [2.75, 3.05) is 0 Å². The van der Waals surface area contributed by atoms with Crippen molar-refractivity contribution in [1.29, 1.82) is 0 Å². The molecule has 0 aromatic rings. The van der Waals surface area contributed by atoms with Gasteiger partial charge in [0.25, 0.3) is 0 Å². The molecule has 0 aromatic carbocycles. The Balaban J connectivity index is 0. The van der Waals surface area contributed by atoms with Crippen molar-refractivity contribution in [3.05, 3.63) is 0 Å². The van der Waals surface area contributed by atoms with Crippen LogP contribution >= 0.6 is 0 Å². The maximum atomic E-state index is 0. The molecular weight excluding hydrogens is 205 g/mol. The first-order valence-corrected chi connectivity index (χ1v) is 0. The first-order chi connectivity index (χ1) is 0. The molecule has 0 aliphatic rings. The van der Waals surface area contributed by atoms with Gasteiger partial charge in [0, 0.05) is 0 Å². The second kappa shape index (κ2) is 46.4. The van der Waals surface area contributed by atoms with Crippen molar-refractivity contribution >= 4 is 0 Å². The molecule has 2 nitrogen and oxygen atoms in total. The van der Waals surface area contributed by atoms with Crippen LogP contribution in [0.4, 0.5) is 0 Å². The molecule has 0 N–H and O–H groups in total. The minimum absolute atomic E-state index is 0. The van der Waals surface area contributed by atoms with Gasteiger partial charge in [0.15, 0.2) is 0 Å². The topological polar surface area (TPSA) is 57.0 Å². The van der Waals surface area contributed by atoms with E-state index >= 15 is 0 Å². The van der Waals surface area contributed by atoms with E-state index in [9.17, 15) is 0 Å². The second-order valence-corrected chi connectivity index (χ2v) is 0. The Bertz CT molecular complexity index is 9.61. The van der Waals surface area contributed by atoms with Crippen molar-refractivity contribution < 1.29 is 64.9 Å². The van der Waals surface area contributed by atoms with E-state index in [0.717, 1.165) is 0 Å². The predicted octanol–water partition coefficient (Wildman–Crippen LogP) is -0.245. The van der Waals surface area contributed by atoms with Crippen LogP contribution in [0.5, 0.6) is 0 Å². The summed E-state index contributed by atoms with van der Waals surface area (Å²) >= 11 is 0. The van der Waals surface area contributed by atoms with Gasteiger partial charge in [0.05, 0.1) is 0 Å². The third-order valence-electron chi connectivity index (χ3n) is 0. The monoisotopic (exact) mass is 204 g/mol. The Morgan fingerprint density at radius 2 is 0.800 bits per heavy atom. The molecule has 25 valence electrons. The molecule has 0 rings (SSSR count). The molecule has 0 saturated carbocycles. The largest absolute Gasteiger partial charge is 3.00 e. The summed E-state index contributed by atoms with van der Waals surface area (Å²) in [5.41, 5.74) is 0. The average Bonchev–Trinajstić information content (AvgIpc) is 0. The van der Waals surface area contributed by atoms with Crippen LogP contribution in [0, 0.1) is 0 Å². The van der Waals surface area contributed by atoms with Crippen LogP contribution in [0.15, 0.2) is 0 Å². The van der Waals surface area contributed by atoms with E-state index in [2.05, 4.69) is 0 Å². The van der Waals surface area contributed by atoms with Gasteiger partial charge in [-0.15, -0.1) is 0 Å². The molecule has 0 amide bonds. The van der Waals surface area contributed by atoms with Crippen LogP contribution in [0.2, 0.25) is 0 Å². The summed E-state index contributed by atoms with van der Waals surface area (Å²) in [6, 6.07) is 0. The predicted molar refractivity (Wildman–Crippen MR) is 1.37 cm³/mol. The van der Waals surface area contributed by atoms with Gasteiger partial charge in [0.1, 0.15) is 0 Å². The van der Waals surface area contributed by atoms with Crippen LogP contribution in [0.1, 0.15) is 0 Å². The van der Waals surface area contributed by atoms with Gasteiger partial charge in [-0.2, -0.15) is 0 Å². The van der Waals surface area contributed by atoms with Crippen LogP contribution in [0.25, 0.3) is 0 Å². The molecule has 0 aromatic heterocycles. The smallest absolute Gasteiger partial charge is 2.00 e. The molecule has 1 radical (unpaired) electrons. The number of hydrogen-bond acceptors (Lipinski definition) is 0. The molecule has 0 unspecified atom stereocenters. The third-order valence-corrected chi connectivity index (χ3v) is 0. The molecule has 0 atom stereocenters. The fourth-order valence-electron chi connectivity index (χ4n) is 0. The zero-order valence-electron chi connectivity index (χ0n) is 2.29. The summed E-state index contributed by atoms with van der Waals surface area (Å²) in [6.45, 7) is 0. The Hall–Kier alpha value is 1.60.